The molecule has 44 heavy (non-hydrogen) atoms. The second-order valence-electron chi connectivity index (χ2n) is 9.72. The number of nitro benzene ring substituents is 1. The highest BCUT2D eigenvalue weighted by Gasteiger charge is 2.14. The normalized spacial score (nSPS) is 9.98. The van der Waals surface area contributed by atoms with Crippen LogP contribution in [0.2, 0.25) is 0 Å². The second kappa shape index (κ2) is 14.8. The molecule has 4 aromatic carbocycles. The third-order valence-electron chi connectivity index (χ3n) is 5.95. The summed E-state index contributed by atoms with van der Waals surface area (Å²) in [5.74, 6) is -0.768. The molecule has 9 nitrogen and oxygen atoms in total. The summed E-state index contributed by atoms with van der Waals surface area (Å²) in [4.78, 5) is 57.6. The number of ketones is 2. The van der Waals surface area contributed by atoms with Crippen LogP contribution in [0, 0.1) is 17.0 Å². The van der Waals surface area contributed by atoms with Gasteiger partial charge in [0.25, 0.3) is 5.69 Å². The number of rotatable bonds is 9. The minimum absolute atomic E-state index is 0.0588. The zero-order chi connectivity index (χ0) is 32.4. The predicted octanol–water partition coefficient (Wildman–Crippen LogP) is 7.01. The van der Waals surface area contributed by atoms with Crippen LogP contribution in [0.1, 0.15) is 51.3 Å². The Labute approximate surface area is 254 Å². The van der Waals surface area contributed by atoms with Gasteiger partial charge in [-0.05, 0) is 75.4 Å². The number of hydrogen-bond donors (Lipinski definition) is 0. The standard InChI is InChI=1S/C18H16O3.C17H13NO5/c1-12(2)18(20)21-16-9-7-14(8-10-16)17(19)15-6-4-5-13(3)11-15;1-11(2)17(20)23-15-8-6-12(7-9-15)16(19)13-4-3-5-14(10-13)18(21)22/h4-11H,1H2,2-3H3;3-10H,1H2,2H3. The molecule has 0 saturated heterocycles. The lowest BCUT2D eigenvalue weighted by Gasteiger charge is -2.05. The molecule has 222 valence electrons. The van der Waals surface area contributed by atoms with Crippen LogP contribution in [0.3, 0.4) is 0 Å². The van der Waals surface area contributed by atoms with Crippen molar-refractivity contribution in [2.45, 2.75) is 20.8 Å². The first kappa shape index (κ1) is 32.6. The van der Waals surface area contributed by atoms with Gasteiger partial charge in [0.2, 0.25) is 0 Å². The van der Waals surface area contributed by atoms with E-state index in [-0.39, 0.29) is 34.1 Å². The minimum Gasteiger partial charge on any atom is -0.423 e. The van der Waals surface area contributed by atoms with E-state index in [1.165, 1.54) is 55.5 Å². The van der Waals surface area contributed by atoms with E-state index in [0.29, 0.717) is 28.0 Å². The van der Waals surface area contributed by atoms with Gasteiger partial charge < -0.3 is 9.47 Å². The van der Waals surface area contributed by atoms with E-state index in [1.54, 1.807) is 37.3 Å². The maximum atomic E-state index is 12.3. The smallest absolute Gasteiger partial charge is 0.338 e. The molecule has 0 spiro atoms. The van der Waals surface area contributed by atoms with Gasteiger partial charge in [-0.25, -0.2) is 9.59 Å². The Morgan fingerprint density at radius 3 is 1.41 bits per heavy atom. The van der Waals surface area contributed by atoms with E-state index >= 15 is 0 Å². The van der Waals surface area contributed by atoms with E-state index in [2.05, 4.69) is 13.2 Å². The van der Waals surface area contributed by atoms with E-state index in [1.807, 2.05) is 25.1 Å². The van der Waals surface area contributed by atoms with Crippen LogP contribution in [0.25, 0.3) is 0 Å². The topological polar surface area (TPSA) is 130 Å². The lowest BCUT2D eigenvalue weighted by molar-refractivity contribution is -0.384. The van der Waals surface area contributed by atoms with Gasteiger partial charge in [0.15, 0.2) is 11.6 Å². The molecular weight excluding hydrogens is 562 g/mol. The van der Waals surface area contributed by atoms with Crippen molar-refractivity contribution in [3.63, 3.8) is 0 Å². The van der Waals surface area contributed by atoms with Crippen molar-refractivity contribution in [1.82, 2.24) is 0 Å². The van der Waals surface area contributed by atoms with Gasteiger partial charge in [-0.2, -0.15) is 0 Å². The molecule has 4 aromatic rings. The Morgan fingerprint density at radius 1 is 0.614 bits per heavy atom. The summed E-state index contributed by atoms with van der Waals surface area (Å²) in [5.41, 5.74) is 3.22. The summed E-state index contributed by atoms with van der Waals surface area (Å²) in [6.07, 6.45) is 0. The lowest BCUT2D eigenvalue weighted by Crippen LogP contribution is -2.08. The van der Waals surface area contributed by atoms with Crippen molar-refractivity contribution in [3.05, 3.63) is 159 Å². The summed E-state index contributed by atoms with van der Waals surface area (Å²) < 4.78 is 10.1. The van der Waals surface area contributed by atoms with Crippen molar-refractivity contribution in [2.75, 3.05) is 0 Å². The molecule has 0 atom stereocenters. The lowest BCUT2D eigenvalue weighted by atomic mass is 10.0. The number of nitrogens with zero attached hydrogens (tertiary/aromatic N) is 1. The Balaban J connectivity index is 0.000000241. The Hall–Kier alpha value is -5.96. The monoisotopic (exact) mass is 591 g/mol. The molecule has 0 aliphatic heterocycles. The fourth-order valence-electron chi connectivity index (χ4n) is 3.62. The van der Waals surface area contributed by atoms with Gasteiger partial charge in [-0.15, -0.1) is 0 Å². The van der Waals surface area contributed by atoms with Gasteiger partial charge in [0.05, 0.1) is 4.92 Å². The van der Waals surface area contributed by atoms with Crippen LogP contribution >= 0.6 is 0 Å². The summed E-state index contributed by atoms with van der Waals surface area (Å²) in [6.45, 7) is 12.0. The van der Waals surface area contributed by atoms with Gasteiger partial charge in [0, 0.05) is 45.5 Å². The zero-order valence-electron chi connectivity index (χ0n) is 24.4. The zero-order valence-corrected chi connectivity index (χ0v) is 24.4. The number of esters is 2. The summed E-state index contributed by atoms with van der Waals surface area (Å²) in [7, 11) is 0. The molecule has 0 fully saturated rings. The number of hydrogen-bond acceptors (Lipinski definition) is 8. The van der Waals surface area contributed by atoms with Gasteiger partial charge >= 0.3 is 11.9 Å². The first-order valence-corrected chi connectivity index (χ1v) is 13.2. The number of benzene rings is 4. The second-order valence-corrected chi connectivity index (χ2v) is 9.72. The molecule has 0 aliphatic carbocycles. The number of carbonyl (C=O) groups excluding carboxylic acids is 4. The fourth-order valence-corrected chi connectivity index (χ4v) is 3.62. The highest BCUT2D eigenvalue weighted by molar-refractivity contribution is 6.10. The van der Waals surface area contributed by atoms with E-state index < -0.39 is 16.9 Å². The average molecular weight is 592 g/mol. The van der Waals surface area contributed by atoms with E-state index in [9.17, 15) is 29.3 Å². The third-order valence-corrected chi connectivity index (χ3v) is 5.95. The van der Waals surface area contributed by atoms with Crippen LogP contribution in [0.5, 0.6) is 11.5 Å². The van der Waals surface area contributed by atoms with Crippen molar-refractivity contribution in [1.29, 1.82) is 0 Å². The first-order valence-electron chi connectivity index (χ1n) is 13.2. The summed E-state index contributed by atoms with van der Waals surface area (Å²) in [6, 6.07) is 25.3. The Kier molecular flexibility index (Phi) is 10.9. The molecule has 0 aromatic heterocycles. The largest absolute Gasteiger partial charge is 0.423 e. The van der Waals surface area contributed by atoms with Crippen LogP contribution in [-0.2, 0) is 9.59 Å². The number of nitro groups is 1. The molecule has 0 radical (unpaired) electrons. The molecule has 0 N–H and O–H groups in total. The SMILES string of the molecule is C=C(C)C(=O)Oc1ccc(C(=O)c2cccc(C)c2)cc1.C=C(C)C(=O)Oc1ccc(C(=O)c2cccc([N+](=O)[O-])c2)cc1. The number of aryl methyl sites for hydroxylation is 1. The fraction of sp³-hybridized carbons (Fsp3) is 0.0857. The molecule has 0 heterocycles. The molecule has 0 unspecified atom stereocenters. The molecule has 0 bridgehead atoms. The van der Waals surface area contributed by atoms with Crippen LogP contribution in [0.4, 0.5) is 5.69 Å². The van der Waals surface area contributed by atoms with Gasteiger partial charge in [0.1, 0.15) is 11.5 Å². The van der Waals surface area contributed by atoms with Crippen molar-refractivity contribution >= 4 is 29.2 Å². The van der Waals surface area contributed by atoms with Crippen molar-refractivity contribution in [2.24, 2.45) is 0 Å². The summed E-state index contributed by atoms with van der Waals surface area (Å²) >= 11 is 0. The first-order chi connectivity index (χ1) is 20.8. The number of non-ortho nitro benzene ring substituents is 1. The van der Waals surface area contributed by atoms with Crippen molar-refractivity contribution in [3.8, 4) is 11.5 Å². The number of ether oxygens (including phenoxy) is 2. The molecule has 0 aliphatic rings. The van der Waals surface area contributed by atoms with Crippen molar-refractivity contribution < 1.29 is 33.6 Å². The molecule has 4 rings (SSSR count). The highest BCUT2D eigenvalue weighted by Crippen LogP contribution is 2.20. The molecule has 0 amide bonds. The highest BCUT2D eigenvalue weighted by atomic mass is 16.6. The molecule has 0 saturated carbocycles. The Bertz CT molecular complexity index is 1750. The van der Waals surface area contributed by atoms with Gasteiger partial charge in [-0.1, -0.05) is 49.1 Å². The molecular formula is C35H29NO8. The minimum atomic E-state index is -0.559. The van der Waals surface area contributed by atoms with E-state index in [0.717, 1.165) is 5.56 Å². The summed E-state index contributed by atoms with van der Waals surface area (Å²) in [5, 5.41) is 10.8. The third kappa shape index (κ3) is 9.02. The maximum Gasteiger partial charge on any atom is 0.338 e. The predicted molar refractivity (Wildman–Crippen MR) is 165 cm³/mol. The van der Waals surface area contributed by atoms with Gasteiger partial charge in [-0.3, -0.25) is 19.7 Å². The quantitative estimate of drug-likeness (QED) is 0.0507. The Morgan fingerprint density at radius 2 is 1.02 bits per heavy atom. The molecule has 9 heteroatoms. The number of carbonyl (C=O) groups is 4. The van der Waals surface area contributed by atoms with Crippen LogP contribution in [0.15, 0.2) is 121 Å². The van der Waals surface area contributed by atoms with Crippen LogP contribution in [-0.4, -0.2) is 28.4 Å². The average Bonchev–Trinajstić information content (AvgIpc) is 3.01. The van der Waals surface area contributed by atoms with E-state index in [4.69, 9.17) is 9.47 Å². The van der Waals surface area contributed by atoms with Crippen LogP contribution < -0.4 is 9.47 Å². The maximum absolute atomic E-state index is 12.3.